The molecule has 7 nitrogen and oxygen atoms in total. The molecule has 0 saturated heterocycles. The van der Waals surface area contributed by atoms with E-state index in [1.54, 1.807) is 4.57 Å². The molecule has 0 radical (unpaired) electrons. The molecular formula is C30H34N4O3S. The number of hydrogen-bond donors (Lipinski definition) is 2. The van der Waals surface area contributed by atoms with Crippen molar-refractivity contribution < 1.29 is 14.7 Å². The van der Waals surface area contributed by atoms with Gasteiger partial charge in [0.05, 0.1) is 11.0 Å². The largest absolute Gasteiger partial charge is 0.480 e. The predicted octanol–water partition coefficient (Wildman–Crippen LogP) is 5.86. The van der Waals surface area contributed by atoms with Gasteiger partial charge in [0.15, 0.2) is 5.16 Å². The van der Waals surface area contributed by atoms with Crippen molar-refractivity contribution in [3.8, 4) is 0 Å². The Labute approximate surface area is 227 Å². The molecule has 0 atom stereocenters. The summed E-state index contributed by atoms with van der Waals surface area (Å²) in [6.07, 6.45) is 1.62. The Morgan fingerprint density at radius 1 is 0.974 bits per heavy atom. The molecule has 0 bridgehead atoms. The van der Waals surface area contributed by atoms with E-state index in [-0.39, 0.29) is 18.5 Å². The fourth-order valence-electron chi connectivity index (χ4n) is 4.48. The summed E-state index contributed by atoms with van der Waals surface area (Å²) in [5, 5.41) is 13.1. The molecule has 0 aliphatic heterocycles. The number of carboxylic acids is 1. The molecule has 0 fully saturated rings. The Bertz CT molecular complexity index is 1290. The quantitative estimate of drug-likeness (QED) is 0.167. The molecule has 0 aliphatic carbocycles. The van der Waals surface area contributed by atoms with Crippen molar-refractivity contribution in [1.29, 1.82) is 0 Å². The molecule has 4 rings (SSSR count). The third-order valence-corrected chi connectivity index (χ3v) is 7.40. The van der Waals surface area contributed by atoms with E-state index >= 15 is 0 Å². The van der Waals surface area contributed by atoms with Gasteiger partial charge in [0.2, 0.25) is 0 Å². The molecule has 2 N–H and O–H groups in total. The van der Waals surface area contributed by atoms with Crippen molar-refractivity contribution in [3.63, 3.8) is 0 Å². The number of carbonyl (C=O) groups is 2. The minimum absolute atomic E-state index is 0.0530. The standard InChI is InChI=1S/C30H34N4O3S/c1-2-18-31-29(37)33(21-25(23-12-5-3-6-13-23)24-14-7-4-8-15-24)19-11-20-38-30-32-26-16-9-10-17-27(26)34(30)22-28(35)36/h3-10,12-17,25H,2,11,18-22H2,1H3,(H,31,37)(H,35,36). The molecule has 0 saturated carbocycles. The van der Waals surface area contributed by atoms with Crippen LogP contribution in [0.2, 0.25) is 0 Å². The smallest absolute Gasteiger partial charge is 0.323 e. The second kappa shape index (κ2) is 13.7. The zero-order chi connectivity index (χ0) is 26.7. The lowest BCUT2D eigenvalue weighted by atomic mass is 9.91. The van der Waals surface area contributed by atoms with Crippen LogP contribution in [0, 0.1) is 0 Å². The van der Waals surface area contributed by atoms with Crippen molar-refractivity contribution in [1.82, 2.24) is 19.8 Å². The number of rotatable bonds is 13. The lowest BCUT2D eigenvalue weighted by Crippen LogP contribution is -2.43. The molecule has 1 aromatic heterocycles. The van der Waals surface area contributed by atoms with Crippen LogP contribution in [0.15, 0.2) is 90.1 Å². The van der Waals surface area contributed by atoms with E-state index in [1.165, 1.54) is 22.9 Å². The molecule has 0 spiro atoms. The van der Waals surface area contributed by atoms with Crippen molar-refractivity contribution in [2.45, 2.75) is 37.4 Å². The van der Waals surface area contributed by atoms with Gasteiger partial charge in [-0.1, -0.05) is 91.5 Å². The average Bonchev–Trinajstić information content (AvgIpc) is 3.28. The highest BCUT2D eigenvalue weighted by atomic mass is 32.2. The van der Waals surface area contributed by atoms with Crippen molar-refractivity contribution >= 4 is 34.8 Å². The van der Waals surface area contributed by atoms with E-state index < -0.39 is 5.97 Å². The van der Waals surface area contributed by atoms with Gasteiger partial charge in [0, 0.05) is 31.3 Å². The third-order valence-electron chi connectivity index (χ3n) is 6.34. The molecule has 4 aromatic rings. The van der Waals surface area contributed by atoms with E-state index in [2.05, 4.69) is 34.6 Å². The number of hydrogen-bond acceptors (Lipinski definition) is 4. The van der Waals surface area contributed by atoms with Gasteiger partial charge in [0.1, 0.15) is 6.54 Å². The maximum atomic E-state index is 13.2. The average molecular weight is 531 g/mol. The number of carboxylic acid groups (broad SMARTS) is 1. The van der Waals surface area contributed by atoms with E-state index in [1.807, 2.05) is 72.5 Å². The first-order chi connectivity index (χ1) is 18.6. The van der Waals surface area contributed by atoms with Gasteiger partial charge in [-0.15, -0.1) is 0 Å². The van der Waals surface area contributed by atoms with Crippen molar-refractivity contribution in [3.05, 3.63) is 96.1 Å². The van der Waals surface area contributed by atoms with Gasteiger partial charge in [-0.05, 0) is 36.1 Å². The number of imidazole rings is 1. The number of benzene rings is 3. The Morgan fingerprint density at radius 3 is 2.24 bits per heavy atom. The van der Waals surface area contributed by atoms with Crippen LogP contribution < -0.4 is 5.32 Å². The van der Waals surface area contributed by atoms with Crippen LogP contribution in [0.3, 0.4) is 0 Å². The van der Waals surface area contributed by atoms with E-state index in [0.717, 1.165) is 23.9 Å². The number of carbonyl (C=O) groups excluding carboxylic acids is 1. The summed E-state index contributed by atoms with van der Waals surface area (Å²) in [7, 11) is 0. The molecular weight excluding hydrogens is 496 g/mol. The van der Waals surface area contributed by atoms with Gasteiger partial charge in [0.25, 0.3) is 0 Å². The Kier molecular flexibility index (Phi) is 9.81. The fourth-order valence-corrected chi connectivity index (χ4v) is 5.42. The second-order valence-corrected chi connectivity index (χ2v) is 10.2. The fraction of sp³-hybridized carbons (Fsp3) is 0.300. The number of nitrogens with zero attached hydrogens (tertiary/aromatic N) is 3. The highest BCUT2D eigenvalue weighted by Crippen LogP contribution is 2.27. The lowest BCUT2D eigenvalue weighted by molar-refractivity contribution is -0.137. The highest BCUT2D eigenvalue weighted by molar-refractivity contribution is 7.99. The topological polar surface area (TPSA) is 87.5 Å². The molecule has 1 heterocycles. The Balaban J connectivity index is 1.48. The third kappa shape index (κ3) is 7.16. The second-order valence-electron chi connectivity index (χ2n) is 9.12. The summed E-state index contributed by atoms with van der Waals surface area (Å²) in [5.41, 5.74) is 3.93. The summed E-state index contributed by atoms with van der Waals surface area (Å²) in [6.45, 7) is 3.68. The molecule has 38 heavy (non-hydrogen) atoms. The molecule has 198 valence electrons. The summed E-state index contributed by atoms with van der Waals surface area (Å²) < 4.78 is 1.74. The normalized spacial score (nSPS) is 11.1. The van der Waals surface area contributed by atoms with Crippen LogP contribution in [-0.2, 0) is 11.3 Å². The number of para-hydroxylation sites is 2. The summed E-state index contributed by atoms with van der Waals surface area (Å²) >= 11 is 1.53. The van der Waals surface area contributed by atoms with Gasteiger partial charge in [-0.2, -0.15) is 0 Å². The monoisotopic (exact) mass is 530 g/mol. The van der Waals surface area contributed by atoms with Crippen molar-refractivity contribution in [2.75, 3.05) is 25.4 Å². The number of aliphatic carboxylic acids is 1. The first-order valence-electron chi connectivity index (χ1n) is 13.0. The summed E-state index contributed by atoms with van der Waals surface area (Å²) in [6, 6.07) is 28.1. The van der Waals surface area contributed by atoms with E-state index in [4.69, 9.17) is 0 Å². The molecule has 2 amide bonds. The number of nitrogens with one attached hydrogen (secondary N) is 1. The van der Waals surface area contributed by atoms with E-state index in [0.29, 0.717) is 30.5 Å². The maximum absolute atomic E-state index is 13.2. The minimum Gasteiger partial charge on any atom is -0.480 e. The molecule has 8 heteroatoms. The molecule has 3 aromatic carbocycles. The Morgan fingerprint density at radius 2 is 1.61 bits per heavy atom. The summed E-state index contributed by atoms with van der Waals surface area (Å²) in [5.74, 6) is -0.138. The highest BCUT2D eigenvalue weighted by Gasteiger charge is 2.22. The Hall–Kier alpha value is -3.78. The number of aromatic nitrogens is 2. The van der Waals surface area contributed by atoms with Crippen molar-refractivity contribution in [2.24, 2.45) is 0 Å². The van der Waals surface area contributed by atoms with Crippen LogP contribution in [0.4, 0.5) is 4.79 Å². The van der Waals surface area contributed by atoms with Crippen LogP contribution >= 0.6 is 11.8 Å². The molecule has 0 unspecified atom stereocenters. The van der Waals surface area contributed by atoms with Crippen LogP contribution in [-0.4, -0.2) is 56.9 Å². The van der Waals surface area contributed by atoms with E-state index in [9.17, 15) is 14.7 Å². The lowest BCUT2D eigenvalue weighted by Gasteiger charge is -2.29. The predicted molar refractivity (Wildman–Crippen MR) is 153 cm³/mol. The number of fused-ring (bicyclic) bond motifs is 1. The van der Waals surface area contributed by atoms with Crippen LogP contribution in [0.1, 0.15) is 36.8 Å². The summed E-state index contributed by atoms with van der Waals surface area (Å²) in [4.78, 5) is 31.2. The zero-order valence-electron chi connectivity index (χ0n) is 21.6. The van der Waals surface area contributed by atoms with Gasteiger partial charge in [-0.25, -0.2) is 9.78 Å². The first kappa shape index (κ1) is 27.3. The van der Waals surface area contributed by atoms with Gasteiger partial charge < -0.3 is 19.9 Å². The van der Waals surface area contributed by atoms with Gasteiger partial charge >= 0.3 is 12.0 Å². The van der Waals surface area contributed by atoms with Gasteiger partial charge in [-0.3, -0.25) is 4.79 Å². The minimum atomic E-state index is -0.901. The van der Waals surface area contributed by atoms with Crippen LogP contribution in [0.5, 0.6) is 0 Å². The first-order valence-corrected chi connectivity index (χ1v) is 14.0. The number of amides is 2. The van der Waals surface area contributed by atoms with Crippen LogP contribution in [0.25, 0.3) is 11.0 Å². The molecule has 0 aliphatic rings. The number of urea groups is 1. The zero-order valence-corrected chi connectivity index (χ0v) is 22.4. The number of thioether (sulfide) groups is 1. The SMILES string of the molecule is CCCNC(=O)N(CCCSc1nc2ccccc2n1CC(=O)O)CC(c1ccccc1)c1ccccc1. The maximum Gasteiger partial charge on any atom is 0.323 e.